The molecule has 10 nitrogen and oxygen atoms in total. The summed E-state index contributed by atoms with van der Waals surface area (Å²) in [6.07, 6.45) is 5.08. The van der Waals surface area contributed by atoms with E-state index in [0.29, 0.717) is 67.3 Å². The van der Waals surface area contributed by atoms with Gasteiger partial charge in [0.2, 0.25) is 11.8 Å². The van der Waals surface area contributed by atoms with E-state index in [1.54, 1.807) is 31.8 Å². The minimum atomic E-state index is -1.59. The van der Waals surface area contributed by atoms with Gasteiger partial charge < -0.3 is 29.3 Å². The molecule has 2 aliphatic rings. The third-order valence-electron chi connectivity index (χ3n) is 5.75. The van der Waals surface area contributed by atoms with Crippen LogP contribution >= 0.6 is 0 Å². The van der Waals surface area contributed by atoms with Crippen LogP contribution < -0.4 is 14.5 Å². The normalized spacial score (nSPS) is 17.9. The summed E-state index contributed by atoms with van der Waals surface area (Å²) in [5, 5.41) is 20.5. The molecule has 0 amide bonds. The molecule has 1 atom stereocenters. The molecule has 3 aromatic heterocycles. The Morgan fingerprint density at radius 2 is 1.94 bits per heavy atom. The first-order chi connectivity index (χ1) is 15.7. The molecule has 0 aliphatic carbocycles. The second kappa shape index (κ2) is 8.69. The fourth-order valence-electron chi connectivity index (χ4n) is 4.20. The zero-order valence-corrected chi connectivity index (χ0v) is 17.6. The highest BCUT2D eigenvalue weighted by atomic mass is 16.5. The van der Waals surface area contributed by atoms with Crippen LogP contribution in [0.3, 0.4) is 0 Å². The van der Waals surface area contributed by atoms with E-state index in [0.717, 1.165) is 5.69 Å². The molecule has 0 aromatic carbocycles. The first-order valence-corrected chi connectivity index (χ1v) is 10.4. The topological polar surface area (TPSA) is 117 Å². The molecule has 2 N–H and O–H groups in total. The van der Waals surface area contributed by atoms with E-state index in [-0.39, 0.29) is 0 Å². The van der Waals surface area contributed by atoms with Gasteiger partial charge in [-0.15, -0.1) is 0 Å². The molecule has 1 unspecified atom stereocenters. The highest BCUT2D eigenvalue weighted by Gasteiger charge is 2.42. The quantitative estimate of drug-likeness (QED) is 0.564. The van der Waals surface area contributed by atoms with Crippen LogP contribution in [-0.4, -0.2) is 77.1 Å². The van der Waals surface area contributed by atoms with Crippen molar-refractivity contribution in [1.82, 2.24) is 19.9 Å². The van der Waals surface area contributed by atoms with Gasteiger partial charge in [-0.1, -0.05) is 0 Å². The molecule has 5 heterocycles. The molecule has 0 bridgehead atoms. The van der Waals surface area contributed by atoms with Gasteiger partial charge >= 0.3 is 7.12 Å². The number of hydrogen-bond donors (Lipinski definition) is 2. The smallest absolute Gasteiger partial charge is 0.461 e. The van der Waals surface area contributed by atoms with Crippen molar-refractivity contribution in [3.63, 3.8) is 0 Å². The third kappa shape index (κ3) is 3.64. The number of hydrogen-bond acceptors (Lipinski definition) is 10. The summed E-state index contributed by atoms with van der Waals surface area (Å²) in [4.78, 5) is 22.3. The van der Waals surface area contributed by atoms with Crippen LogP contribution in [0, 0.1) is 0 Å². The van der Waals surface area contributed by atoms with Crippen LogP contribution in [0.25, 0.3) is 11.3 Å². The SMILES string of the molecule is COc1ncccc1-c1nc(N2CCOCC2)nc2c1C(B(O)O)CN2c1cccnc1. The Morgan fingerprint density at radius 3 is 2.66 bits per heavy atom. The van der Waals surface area contributed by atoms with Gasteiger partial charge in [-0.3, -0.25) is 4.98 Å². The first-order valence-electron chi connectivity index (χ1n) is 10.4. The van der Waals surface area contributed by atoms with Crippen molar-refractivity contribution >= 4 is 24.6 Å². The van der Waals surface area contributed by atoms with Crippen LogP contribution in [0.5, 0.6) is 5.88 Å². The van der Waals surface area contributed by atoms with E-state index in [1.807, 2.05) is 23.1 Å². The number of rotatable bonds is 5. The highest BCUT2D eigenvalue weighted by molar-refractivity contribution is 6.44. The molecule has 1 saturated heterocycles. The fraction of sp³-hybridized carbons (Fsp3) is 0.333. The standard InChI is InChI=1S/C21H23BN6O4/c1-31-20-15(5-3-7-24-20)18-17-16(22(29)30)13-28(14-4-2-6-23-12-14)19(17)26-21(25-18)27-8-10-32-11-9-27/h2-7,12,16,29-30H,8-11,13H2,1H3. The van der Waals surface area contributed by atoms with Gasteiger partial charge in [0.15, 0.2) is 0 Å². The second-order valence-corrected chi connectivity index (χ2v) is 7.61. The Kier molecular flexibility index (Phi) is 5.60. The van der Waals surface area contributed by atoms with Crippen molar-refractivity contribution < 1.29 is 19.5 Å². The second-order valence-electron chi connectivity index (χ2n) is 7.61. The zero-order chi connectivity index (χ0) is 22.1. The monoisotopic (exact) mass is 434 g/mol. The number of methoxy groups -OCH3 is 1. The van der Waals surface area contributed by atoms with Crippen LogP contribution in [-0.2, 0) is 4.74 Å². The molecular formula is C21H23BN6O4. The van der Waals surface area contributed by atoms with Crippen molar-refractivity contribution in [1.29, 1.82) is 0 Å². The molecule has 11 heteroatoms. The summed E-state index contributed by atoms with van der Waals surface area (Å²) in [6, 6.07) is 7.43. The highest BCUT2D eigenvalue weighted by Crippen LogP contribution is 2.46. The minimum absolute atomic E-state index is 0.329. The zero-order valence-electron chi connectivity index (χ0n) is 17.6. The van der Waals surface area contributed by atoms with E-state index in [2.05, 4.69) is 14.9 Å². The summed E-state index contributed by atoms with van der Waals surface area (Å²) in [7, 11) is -0.0362. The van der Waals surface area contributed by atoms with E-state index >= 15 is 0 Å². The van der Waals surface area contributed by atoms with Crippen LogP contribution in [0.15, 0.2) is 42.9 Å². The molecule has 0 saturated carbocycles. The van der Waals surface area contributed by atoms with Gasteiger partial charge in [0.1, 0.15) is 5.82 Å². The lowest BCUT2D eigenvalue weighted by Crippen LogP contribution is -2.37. The molecule has 3 aromatic rings. The van der Waals surface area contributed by atoms with Crippen molar-refractivity contribution in [3.05, 3.63) is 48.4 Å². The molecule has 0 radical (unpaired) electrons. The molecular weight excluding hydrogens is 411 g/mol. The number of morpholine rings is 1. The van der Waals surface area contributed by atoms with E-state index < -0.39 is 12.9 Å². The van der Waals surface area contributed by atoms with Crippen molar-refractivity contribution in [2.45, 2.75) is 5.82 Å². The Morgan fingerprint density at radius 1 is 1.12 bits per heavy atom. The average molecular weight is 434 g/mol. The fourth-order valence-corrected chi connectivity index (χ4v) is 4.20. The lowest BCUT2D eigenvalue weighted by Gasteiger charge is -2.28. The van der Waals surface area contributed by atoms with Gasteiger partial charge in [0.25, 0.3) is 0 Å². The van der Waals surface area contributed by atoms with Gasteiger partial charge in [-0.2, -0.15) is 4.98 Å². The summed E-state index contributed by atoms with van der Waals surface area (Å²) in [5.74, 6) is 0.958. The summed E-state index contributed by atoms with van der Waals surface area (Å²) < 4.78 is 11.0. The summed E-state index contributed by atoms with van der Waals surface area (Å²) in [6.45, 7) is 2.85. The summed E-state index contributed by atoms with van der Waals surface area (Å²) >= 11 is 0. The largest absolute Gasteiger partial charge is 0.481 e. The van der Waals surface area contributed by atoms with Crippen LogP contribution in [0.4, 0.5) is 17.5 Å². The summed E-state index contributed by atoms with van der Waals surface area (Å²) in [5.41, 5.74) is 2.70. The van der Waals surface area contributed by atoms with Crippen LogP contribution in [0.2, 0.25) is 0 Å². The molecule has 0 spiro atoms. The maximum atomic E-state index is 10.3. The number of fused-ring (bicyclic) bond motifs is 1. The predicted molar refractivity (Wildman–Crippen MR) is 119 cm³/mol. The number of ether oxygens (including phenoxy) is 2. The predicted octanol–water partition coefficient (Wildman–Crippen LogP) is 1.03. The van der Waals surface area contributed by atoms with Gasteiger partial charge in [-0.05, 0) is 24.3 Å². The van der Waals surface area contributed by atoms with E-state index in [1.165, 1.54) is 0 Å². The van der Waals surface area contributed by atoms with Gasteiger partial charge in [-0.25, -0.2) is 9.97 Å². The van der Waals surface area contributed by atoms with Gasteiger partial charge in [0, 0.05) is 43.4 Å². The molecule has 1 fully saturated rings. The van der Waals surface area contributed by atoms with Gasteiger partial charge in [0.05, 0.1) is 43.5 Å². The number of pyridine rings is 2. The van der Waals surface area contributed by atoms with Crippen LogP contribution in [0.1, 0.15) is 11.4 Å². The first kappa shape index (κ1) is 20.6. The lowest BCUT2D eigenvalue weighted by atomic mass is 9.69. The van der Waals surface area contributed by atoms with Crippen molar-refractivity contribution in [2.75, 3.05) is 49.8 Å². The molecule has 164 valence electrons. The average Bonchev–Trinajstić information content (AvgIpc) is 3.24. The number of nitrogens with zero attached hydrogens (tertiary/aromatic N) is 6. The third-order valence-corrected chi connectivity index (χ3v) is 5.75. The Bertz CT molecular complexity index is 1100. The van der Waals surface area contributed by atoms with E-state index in [9.17, 15) is 10.0 Å². The minimum Gasteiger partial charge on any atom is -0.481 e. The molecule has 2 aliphatic heterocycles. The maximum absolute atomic E-state index is 10.3. The number of aromatic nitrogens is 4. The maximum Gasteiger partial charge on any atom is 0.461 e. The van der Waals surface area contributed by atoms with Crippen molar-refractivity contribution in [3.8, 4) is 17.1 Å². The Balaban J connectivity index is 1.75. The Labute approximate surface area is 185 Å². The van der Waals surface area contributed by atoms with Crippen molar-refractivity contribution in [2.24, 2.45) is 0 Å². The molecule has 32 heavy (non-hydrogen) atoms. The lowest BCUT2D eigenvalue weighted by molar-refractivity contribution is 0.122. The molecule has 5 rings (SSSR count). The number of anilines is 3. The Hall–Kier alpha value is -3.28. The van der Waals surface area contributed by atoms with E-state index in [4.69, 9.17) is 19.4 Å².